The van der Waals surface area contributed by atoms with E-state index in [0.29, 0.717) is 30.2 Å². The number of hydrogen-bond acceptors (Lipinski definition) is 4. The molecule has 0 atom stereocenters. The van der Waals surface area contributed by atoms with Gasteiger partial charge in [-0.2, -0.15) is 0 Å². The molecule has 0 spiro atoms. The number of methoxy groups -OCH3 is 1. The number of rotatable bonds is 8. The molecule has 0 aliphatic rings. The Morgan fingerprint density at radius 1 is 1.24 bits per heavy atom. The SMILES string of the molecule is COCc1c(C(=O)NCc2cccs2)c(=O)cc(C)n1CCc1ccccc1Cl. The predicted molar refractivity (Wildman–Crippen MR) is 117 cm³/mol. The number of halogens is 1. The molecule has 1 amide bonds. The number of hydrogen-bond donors (Lipinski definition) is 1. The maximum atomic E-state index is 12.9. The number of thiophene rings is 1. The fourth-order valence-electron chi connectivity index (χ4n) is 3.27. The van der Waals surface area contributed by atoms with Crippen LogP contribution in [0.5, 0.6) is 0 Å². The Kier molecular flexibility index (Phi) is 7.25. The molecule has 0 bridgehead atoms. The van der Waals surface area contributed by atoms with Crippen molar-refractivity contribution in [2.45, 2.75) is 33.0 Å². The molecule has 0 fully saturated rings. The van der Waals surface area contributed by atoms with Gasteiger partial charge in [0.1, 0.15) is 5.56 Å². The van der Waals surface area contributed by atoms with Crippen molar-refractivity contribution in [1.29, 1.82) is 0 Å². The summed E-state index contributed by atoms with van der Waals surface area (Å²) in [4.78, 5) is 26.5. The first kappa shape index (κ1) is 21.3. The zero-order chi connectivity index (χ0) is 20.8. The zero-order valence-electron chi connectivity index (χ0n) is 16.4. The number of carbonyl (C=O) groups is 1. The number of nitrogens with zero attached hydrogens (tertiary/aromatic N) is 1. The molecule has 29 heavy (non-hydrogen) atoms. The summed E-state index contributed by atoms with van der Waals surface area (Å²) in [6.45, 7) is 3.00. The molecular formula is C22H23ClN2O3S. The second kappa shape index (κ2) is 9.87. The number of benzene rings is 1. The quantitative estimate of drug-likeness (QED) is 0.582. The molecule has 2 aromatic heterocycles. The molecule has 2 heterocycles. The first-order chi connectivity index (χ1) is 14.0. The highest BCUT2D eigenvalue weighted by Crippen LogP contribution is 2.18. The van der Waals surface area contributed by atoms with E-state index in [1.54, 1.807) is 18.4 Å². The Balaban J connectivity index is 1.91. The number of aromatic nitrogens is 1. The van der Waals surface area contributed by atoms with Crippen LogP contribution in [0.4, 0.5) is 0 Å². The number of aryl methyl sites for hydroxylation is 2. The third-order valence-electron chi connectivity index (χ3n) is 4.70. The fraction of sp³-hybridized carbons (Fsp3) is 0.273. The molecule has 0 radical (unpaired) electrons. The van der Waals surface area contributed by atoms with Gasteiger partial charge in [-0.1, -0.05) is 35.9 Å². The predicted octanol–water partition coefficient (Wildman–Crippen LogP) is 4.19. The van der Waals surface area contributed by atoms with Crippen LogP contribution in [0.25, 0.3) is 0 Å². The fourth-order valence-corrected chi connectivity index (χ4v) is 4.15. The second-order valence-electron chi connectivity index (χ2n) is 6.66. The van der Waals surface area contributed by atoms with Gasteiger partial charge < -0.3 is 14.6 Å². The highest BCUT2D eigenvalue weighted by atomic mass is 35.5. The molecule has 1 aromatic carbocycles. The minimum atomic E-state index is -0.387. The summed E-state index contributed by atoms with van der Waals surface area (Å²) in [5, 5.41) is 5.50. The van der Waals surface area contributed by atoms with Crippen LogP contribution < -0.4 is 10.7 Å². The van der Waals surface area contributed by atoms with E-state index in [1.807, 2.05) is 53.3 Å². The Morgan fingerprint density at radius 3 is 2.72 bits per heavy atom. The smallest absolute Gasteiger partial charge is 0.257 e. The van der Waals surface area contributed by atoms with E-state index in [4.69, 9.17) is 16.3 Å². The van der Waals surface area contributed by atoms with Crippen molar-refractivity contribution < 1.29 is 9.53 Å². The zero-order valence-corrected chi connectivity index (χ0v) is 18.0. The lowest BCUT2D eigenvalue weighted by molar-refractivity contribution is 0.0942. The van der Waals surface area contributed by atoms with Gasteiger partial charge in [-0.3, -0.25) is 9.59 Å². The summed E-state index contributed by atoms with van der Waals surface area (Å²) in [5.41, 5.74) is 2.21. The number of carbonyl (C=O) groups excluding carboxylic acids is 1. The molecule has 0 saturated carbocycles. The maximum absolute atomic E-state index is 12.9. The Hall–Kier alpha value is -2.41. The molecule has 7 heteroatoms. The minimum Gasteiger partial charge on any atom is -0.378 e. The molecule has 152 valence electrons. The Labute approximate surface area is 178 Å². The number of pyridine rings is 1. The highest BCUT2D eigenvalue weighted by Gasteiger charge is 2.20. The summed E-state index contributed by atoms with van der Waals surface area (Å²) in [7, 11) is 1.55. The Bertz CT molecular complexity index is 1040. The Morgan fingerprint density at radius 2 is 2.03 bits per heavy atom. The van der Waals surface area contributed by atoms with Crippen molar-refractivity contribution in [3.05, 3.63) is 90.5 Å². The van der Waals surface area contributed by atoms with Crippen LogP contribution in [0.3, 0.4) is 0 Å². The second-order valence-corrected chi connectivity index (χ2v) is 8.10. The van der Waals surface area contributed by atoms with E-state index >= 15 is 0 Å². The van der Waals surface area contributed by atoms with Gasteiger partial charge in [0.15, 0.2) is 5.43 Å². The minimum absolute atomic E-state index is 0.133. The van der Waals surface area contributed by atoms with Gasteiger partial charge in [-0.15, -0.1) is 11.3 Å². The van der Waals surface area contributed by atoms with Crippen molar-refractivity contribution in [3.63, 3.8) is 0 Å². The first-order valence-electron chi connectivity index (χ1n) is 9.27. The molecule has 3 aromatic rings. The lowest BCUT2D eigenvalue weighted by atomic mass is 10.1. The van der Waals surface area contributed by atoms with Crippen LogP contribution in [0.15, 0.2) is 52.6 Å². The monoisotopic (exact) mass is 430 g/mol. The van der Waals surface area contributed by atoms with Gasteiger partial charge in [0.05, 0.1) is 18.8 Å². The van der Waals surface area contributed by atoms with Crippen molar-refractivity contribution in [1.82, 2.24) is 9.88 Å². The summed E-state index contributed by atoms with van der Waals surface area (Å²) in [5.74, 6) is -0.387. The summed E-state index contributed by atoms with van der Waals surface area (Å²) < 4.78 is 7.30. The van der Waals surface area contributed by atoms with Gasteiger partial charge in [0, 0.05) is 35.3 Å². The van der Waals surface area contributed by atoms with Crippen LogP contribution in [0, 0.1) is 6.92 Å². The van der Waals surface area contributed by atoms with E-state index in [2.05, 4.69) is 5.32 Å². The topological polar surface area (TPSA) is 60.3 Å². The number of nitrogens with one attached hydrogen (secondary N) is 1. The third-order valence-corrected chi connectivity index (χ3v) is 5.95. The lowest BCUT2D eigenvalue weighted by Gasteiger charge is -2.20. The first-order valence-corrected chi connectivity index (χ1v) is 10.5. The van der Waals surface area contributed by atoms with Crippen molar-refractivity contribution in [2.75, 3.05) is 7.11 Å². The van der Waals surface area contributed by atoms with Gasteiger partial charge in [0.25, 0.3) is 5.91 Å². The maximum Gasteiger partial charge on any atom is 0.257 e. The molecule has 5 nitrogen and oxygen atoms in total. The summed E-state index contributed by atoms with van der Waals surface area (Å²) >= 11 is 7.84. The van der Waals surface area contributed by atoms with E-state index in [0.717, 1.165) is 16.1 Å². The lowest BCUT2D eigenvalue weighted by Crippen LogP contribution is -2.32. The highest BCUT2D eigenvalue weighted by molar-refractivity contribution is 7.09. The van der Waals surface area contributed by atoms with Crippen LogP contribution in [-0.2, 0) is 30.9 Å². The summed E-state index contributed by atoms with van der Waals surface area (Å²) in [6, 6.07) is 13.0. The normalized spacial score (nSPS) is 10.9. The van der Waals surface area contributed by atoms with Crippen molar-refractivity contribution in [3.8, 4) is 0 Å². The van der Waals surface area contributed by atoms with Crippen molar-refractivity contribution >= 4 is 28.8 Å². The van der Waals surface area contributed by atoms with Crippen LogP contribution in [0.2, 0.25) is 5.02 Å². The van der Waals surface area contributed by atoms with Crippen LogP contribution in [0.1, 0.15) is 32.2 Å². The van der Waals surface area contributed by atoms with E-state index in [-0.39, 0.29) is 23.5 Å². The molecule has 3 rings (SSSR count). The largest absolute Gasteiger partial charge is 0.378 e. The number of ether oxygens (including phenoxy) is 1. The van der Waals surface area contributed by atoms with E-state index in [1.165, 1.54) is 6.07 Å². The van der Waals surface area contributed by atoms with E-state index in [9.17, 15) is 9.59 Å². The molecule has 0 saturated heterocycles. The van der Waals surface area contributed by atoms with Gasteiger partial charge in [-0.25, -0.2) is 0 Å². The average Bonchev–Trinajstić information content (AvgIpc) is 3.21. The van der Waals surface area contributed by atoms with Gasteiger partial charge >= 0.3 is 0 Å². The molecule has 0 aliphatic carbocycles. The van der Waals surface area contributed by atoms with Crippen LogP contribution >= 0.6 is 22.9 Å². The van der Waals surface area contributed by atoms with E-state index < -0.39 is 0 Å². The average molecular weight is 431 g/mol. The standard InChI is InChI=1S/C22H23ClN2O3S/c1-15-12-20(26)21(22(27)24-13-17-7-5-11-29-17)19(14-28-2)25(15)10-9-16-6-3-4-8-18(16)23/h3-8,11-12H,9-10,13-14H2,1-2H3,(H,24,27). The molecular weight excluding hydrogens is 408 g/mol. The van der Waals surface area contributed by atoms with Crippen molar-refractivity contribution in [2.24, 2.45) is 0 Å². The summed E-state index contributed by atoms with van der Waals surface area (Å²) in [6.07, 6.45) is 0.677. The molecule has 0 unspecified atom stereocenters. The molecule has 0 aliphatic heterocycles. The van der Waals surface area contributed by atoms with Gasteiger partial charge in [-0.05, 0) is 36.4 Å². The third kappa shape index (κ3) is 5.15. The molecule has 1 N–H and O–H groups in total. The number of amides is 1. The van der Waals surface area contributed by atoms with Gasteiger partial charge in [0.2, 0.25) is 0 Å². The van der Waals surface area contributed by atoms with Crippen LogP contribution in [-0.4, -0.2) is 17.6 Å².